The van der Waals surface area contributed by atoms with Crippen LogP contribution in [0.2, 0.25) is 0 Å². The molecule has 0 aliphatic rings. The van der Waals surface area contributed by atoms with Crippen LogP contribution in [0.25, 0.3) is 0 Å². The van der Waals surface area contributed by atoms with E-state index >= 15 is 0 Å². The summed E-state index contributed by atoms with van der Waals surface area (Å²) in [7, 11) is 0. The SMILES string of the molecule is O=CC(NC(=O)c1csccc1=O)c1ccccc1. The van der Waals surface area contributed by atoms with Gasteiger partial charge in [-0.3, -0.25) is 9.59 Å². The van der Waals surface area contributed by atoms with E-state index in [0.29, 0.717) is 11.8 Å². The molecule has 1 unspecified atom stereocenters. The van der Waals surface area contributed by atoms with Crippen molar-refractivity contribution in [3.63, 3.8) is 0 Å². The molecule has 1 heterocycles. The molecule has 5 heteroatoms. The fraction of sp³-hybridized carbons (Fsp3) is 0.0714. The molecule has 1 aromatic heterocycles. The molecule has 96 valence electrons. The normalized spacial score (nSPS) is 11.6. The summed E-state index contributed by atoms with van der Waals surface area (Å²) in [6, 6.07) is 9.44. The molecule has 0 saturated carbocycles. The summed E-state index contributed by atoms with van der Waals surface area (Å²) in [6.45, 7) is 0. The summed E-state index contributed by atoms with van der Waals surface area (Å²) in [5.74, 6) is -0.539. The zero-order valence-corrected chi connectivity index (χ0v) is 10.7. The Kier molecular flexibility index (Phi) is 4.20. The third kappa shape index (κ3) is 3.14. The molecule has 0 aliphatic carbocycles. The van der Waals surface area contributed by atoms with Crippen molar-refractivity contribution in [2.24, 2.45) is 0 Å². The summed E-state index contributed by atoms with van der Waals surface area (Å²) in [4.78, 5) is 34.5. The molecule has 0 fully saturated rings. The van der Waals surface area contributed by atoms with Crippen LogP contribution in [-0.4, -0.2) is 12.2 Å². The molecule has 19 heavy (non-hydrogen) atoms. The zero-order chi connectivity index (χ0) is 13.7. The molecule has 2 rings (SSSR count). The molecule has 1 aromatic carbocycles. The van der Waals surface area contributed by atoms with Gasteiger partial charge in [0.2, 0.25) is 0 Å². The lowest BCUT2D eigenvalue weighted by molar-refractivity contribution is -0.109. The van der Waals surface area contributed by atoms with Gasteiger partial charge in [0.05, 0.1) is 5.56 Å². The average molecular weight is 273 g/mol. The molecule has 0 spiro atoms. The van der Waals surface area contributed by atoms with Crippen LogP contribution in [0.3, 0.4) is 0 Å². The maximum Gasteiger partial charge on any atom is 0.256 e. The van der Waals surface area contributed by atoms with E-state index in [1.165, 1.54) is 22.8 Å². The van der Waals surface area contributed by atoms with E-state index in [0.717, 1.165) is 0 Å². The Morgan fingerprint density at radius 1 is 1.21 bits per heavy atom. The molecular formula is C14H11NO3S. The van der Waals surface area contributed by atoms with Gasteiger partial charge in [0.1, 0.15) is 12.3 Å². The second-order valence-corrected chi connectivity index (χ2v) is 4.61. The van der Waals surface area contributed by atoms with Gasteiger partial charge in [0.15, 0.2) is 5.43 Å². The standard InChI is InChI=1S/C14H11NO3S/c16-8-12(10-4-2-1-3-5-10)15-14(18)11-9-19-7-6-13(11)17/h1-9,12H,(H,15,18). The summed E-state index contributed by atoms with van der Waals surface area (Å²) >= 11 is 1.25. The van der Waals surface area contributed by atoms with Gasteiger partial charge < -0.3 is 10.1 Å². The third-order valence-corrected chi connectivity index (χ3v) is 3.24. The molecular weight excluding hydrogens is 262 g/mol. The van der Waals surface area contributed by atoms with Crippen LogP contribution in [0.4, 0.5) is 0 Å². The lowest BCUT2D eigenvalue weighted by Crippen LogP contribution is -2.32. The molecule has 0 saturated heterocycles. The first-order chi connectivity index (χ1) is 9.22. The number of hydrogen-bond donors (Lipinski definition) is 1. The Hall–Kier alpha value is -2.27. The molecule has 1 atom stereocenters. The number of rotatable bonds is 4. The van der Waals surface area contributed by atoms with Gasteiger partial charge >= 0.3 is 0 Å². The Morgan fingerprint density at radius 3 is 2.58 bits per heavy atom. The predicted molar refractivity (Wildman–Crippen MR) is 73.3 cm³/mol. The summed E-state index contributed by atoms with van der Waals surface area (Å²) in [5.41, 5.74) is 0.377. The van der Waals surface area contributed by atoms with E-state index in [1.807, 2.05) is 6.07 Å². The van der Waals surface area contributed by atoms with Crippen LogP contribution in [0.15, 0.2) is 52.0 Å². The topological polar surface area (TPSA) is 63.2 Å². The minimum atomic E-state index is -0.752. The van der Waals surface area contributed by atoms with Crippen molar-refractivity contribution in [3.05, 3.63) is 68.5 Å². The molecule has 1 N–H and O–H groups in total. The molecule has 0 radical (unpaired) electrons. The molecule has 0 bridgehead atoms. The van der Waals surface area contributed by atoms with Crippen LogP contribution in [0.1, 0.15) is 22.0 Å². The highest BCUT2D eigenvalue weighted by molar-refractivity contribution is 7.07. The Labute approximate surface area is 113 Å². The van der Waals surface area contributed by atoms with Crippen LogP contribution in [0, 0.1) is 0 Å². The fourth-order valence-corrected chi connectivity index (χ4v) is 2.24. The fourth-order valence-electron chi connectivity index (χ4n) is 1.60. The van der Waals surface area contributed by atoms with Crippen molar-refractivity contribution in [2.45, 2.75) is 6.04 Å². The van der Waals surface area contributed by atoms with Gasteiger partial charge in [-0.15, -0.1) is 0 Å². The first-order valence-corrected chi connectivity index (χ1v) is 6.54. The number of hydrogen-bond acceptors (Lipinski definition) is 4. The molecule has 0 aliphatic heterocycles. The number of carbonyl (C=O) groups is 2. The highest BCUT2D eigenvalue weighted by Gasteiger charge is 2.16. The maximum absolute atomic E-state index is 11.9. The second-order valence-electron chi connectivity index (χ2n) is 3.83. The van der Waals surface area contributed by atoms with Crippen molar-refractivity contribution in [2.75, 3.05) is 0 Å². The van der Waals surface area contributed by atoms with E-state index in [4.69, 9.17) is 0 Å². The molecule has 2 aromatic rings. The minimum Gasteiger partial charge on any atom is -0.338 e. The summed E-state index contributed by atoms with van der Waals surface area (Å²) < 4.78 is 0. The van der Waals surface area contributed by atoms with E-state index < -0.39 is 11.9 Å². The first-order valence-electron chi connectivity index (χ1n) is 5.60. The monoisotopic (exact) mass is 273 g/mol. The van der Waals surface area contributed by atoms with Crippen molar-refractivity contribution in [1.29, 1.82) is 0 Å². The van der Waals surface area contributed by atoms with Gasteiger partial charge in [0, 0.05) is 5.38 Å². The summed E-state index contributed by atoms with van der Waals surface area (Å²) in [5, 5.41) is 5.62. The highest BCUT2D eigenvalue weighted by Crippen LogP contribution is 2.10. The van der Waals surface area contributed by atoms with Crippen LogP contribution in [0.5, 0.6) is 0 Å². The molecule has 4 nitrogen and oxygen atoms in total. The van der Waals surface area contributed by atoms with Crippen molar-refractivity contribution in [1.82, 2.24) is 5.32 Å². The number of benzene rings is 1. The zero-order valence-electron chi connectivity index (χ0n) is 9.91. The molecule has 1 amide bonds. The lowest BCUT2D eigenvalue weighted by atomic mass is 10.1. The Balaban J connectivity index is 2.20. The van der Waals surface area contributed by atoms with Crippen molar-refractivity contribution in [3.8, 4) is 0 Å². The van der Waals surface area contributed by atoms with E-state index in [9.17, 15) is 14.4 Å². The number of carbonyl (C=O) groups excluding carboxylic acids is 2. The number of amides is 1. The van der Waals surface area contributed by atoms with Crippen LogP contribution < -0.4 is 10.7 Å². The Bertz CT molecular complexity index is 636. The van der Waals surface area contributed by atoms with E-state index in [2.05, 4.69) is 5.32 Å². The maximum atomic E-state index is 11.9. The van der Waals surface area contributed by atoms with Gasteiger partial charge in [-0.25, -0.2) is 0 Å². The van der Waals surface area contributed by atoms with E-state index in [1.54, 1.807) is 29.6 Å². The number of nitrogens with one attached hydrogen (secondary N) is 1. The van der Waals surface area contributed by atoms with Gasteiger partial charge in [-0.05, 0) is 17.0 Å². The smallest absolute Gasteiger partial charge is 0.256 e. The minimum absolute atomic E-state index is 0.0512. The predicted octanol–water partition coefficient (Wildman–Crippen LogP) is 1.78. The first kappa shape index (κ1) is 13.2. The van der Waals surface area contributed by atoms with Crippen LogP contribution >= 0.6 is 11.3 Å². The third-order valence-electron chi connectivity index (χ3n) is 2.58. The number of aldehydes is 1. The lowest BCUT2D eigenvalue weighted by Gasteiger charge is -2.12. The second kappa shape index (κ2) is 6.06. The largest absolute Gasteiger partial charge is 0.338 e. The van der Waals surface area contributed by atoms with Crippen molar-refractivity contribution < 1.29 is 9.59 Å². The average Bonchev–Trinajstić information content (AvgIpc) is 2.46. The van der Waals surface area contributed by atoms with Gasteiger partial charge in [-0.2, -0.15) is 11.3 Å². The summed E-state index contributed by atoms with van der Waals surface area (Å²) in [6.07, 6.45) is 0.643. The highest BCUT2D eigenvalue weighted by atomic mass is 32.1. The van der Waals surface area contributed by atoms with E-state index in [-0.39, 0.29) is 11.0 Å². The van der Waals surface area contributed by atoms with Gasteiger partial charge in [0.25, 0.3) is 5.91 Å². The Morgan fingerprint density at radius 2 is 1.95 bits per heavy atom. The van der Waals surface area contributed by atoms with Crippen LogP contribution in [-0.2, 0) is 4.79 Å². The van der Waals surface area contributed by atoms with Gasteiger partial charge in [-0.1, -0.05) is 30.3 Å². The quantitative estimate of drug-likeness (QED) is 0.864. The van der Waals surface area contributed by atoms with Crippen molar-refractivity contribution >= 4 is 23.5 Å².